The van der Waals surface area contributed by atoms with Gasteiger partial charge in [-0.05, 0) is 18.9 Å². The Morgan fingerprint density at radius 2 is 1.95 bits per heavy atom. The summed E-state index contributed by atoms with van der Waals surface area (Å²) >= 11 is 0. The van der Waals surface area contributed by atoms with Crippen LogP contribution in [0, 0.1) is 10.1 Å². The molecule has 19 heavy (non-hydrogen) atoms. The van der Waals surface area contributed by atoms with Crippen molar-refractivity contribution in [2.75, 3.05) is 7.11 Å². The number of carbonyl (C=O) groups excluding carboxylic acids is 2. The molecule has 2 rings (SSSR count). The Labute approximate surface area is 108 Å². The topological polar surface area (TPSA) is 98.5 Å². The standard InChI is InChI=1S/C12H12N2O5/c1-19-12(16)8-4-7(5-10(6-8)14(17)18)11(15)13-9-2-3-9/h4-6,9H,2-3H2,1H3,(H,13,15). The fraction of sp³-hybridized carbons (Fsp3) is 0.333. The molecule has 0 aromatic heterocycles. The zero-order valence-corrected chi connectivity index (χ0v) is 10.2. The average molecular weight is 264 g/mol. The van der Waals surface area contributed by atoms with Gasteiger partial charge in [-0.2, -0.15) is 0 Å². The maximum atomic E-state index is 11.8. The van der Waals surface area contributed by atoms with E-state index in [9.17, 15) is 19.7 Å². The number of carbonyl (C=O) groups is 2. The van der Waals surface area contributed by atoms with Gasteiger partial charge in [-0.1, -0.05) is 0 Å². The fourth-order valence-corrected chi connectivity index (χ4v) is 1.58. The van der Waals surface area contributed by atoms with E-state index in [1.165, 1.54) is 13.2 Å². The van der Waals surface area contributed by atoms with Crippen LogP contribution in [0.15, 0.2) is 18.2 Å². The molecule has 1 aromatic carbocycles. The van der Waals surface area contributed by atoms with E-state index in [-0.39, 0.29) is 22.9 Å². The normalized spacial score (nSPS) is 13.7. The molecule has 1 aliphatic carbocycles. The number of amides is 1. The highest BCUT2D eigenvalue weighted by atomic mass is 16.6. The minimum atomic E-state index is -0.718. The van der Waals surface area contributed by atoms with Crippen molar-refractivity contribution in [1.82, 2.24) is 5.32 Å². The summed E-state index contributed by atoms with van der Waals surface area (Å²) in [6, 6.07) is 3.65. The Bertz CT molecular complexity index is 551. The third-order valence-corrected chi connectivity index (χ3v) is 2.72. The third kappa shape index (κ3) is 3.06. The molecule has 7 nitrogen and oxygen atoms in total. The number of ether oxygens (including phenoxy) is 1. The van der Waals surface area contributed by atoms with Gasteiger partial charge in [0.1, 0.15) is 0 Å². The van der Waals surface area contributed by atoms with Crippen molar-refractivity contribution in [3.05, 3.63) is 39.4 Å². The molecule has 0 radical (unpaired) electrons. The maximum absolute atomic E-state index is 11.8. The summed E-state index contributed by atoms with van der Waals surface area (Å²) in [6.07, 6.45) is 1.81. The fourth-order valence-electron chi connectivity index (χ4n) is 1.58. The molecule has 1 saturated carbocycles. The van der Waals surface area contributed by atoms with E-state index in [1.54, 1.807) is 0 Å². The maximum Gasteiger partial charge on any atom is 0.338 e. The number of hydrogen-bond donors (Lipinski definition) is 1. The molecule has 0 atom stereocenters. The molecular weight excluding hydrogens is 252 g/mol. The van der Waals surface area contributed by atoms with Gasteiger partial charge in [0.15, 0.2) is 0 Å². The number of benzene rings is 1. The van der Waals surface area contributed by atoms with Gasteiger partial charge in [-0.3, -0.25) is 14.9 Å². The Kier molecular flexibility index (Phi) is 3.46. The summed E-state index contributed by atoms with van der Waals surface area (Å²) in [6.45, 7) is 0. The molecule has 1 amide bonds. The lowest BCUT2D eigenvalue weighted by molar-refractivity contribution is -0.384. The molecule has 0 spiro atoms. The lowest BCUT2D eigenvalue weighted by Gasteiger charge is -2.05. The van der Waals surface area contributed by atoms with Crippen LogP contribution >= 0.6 is 0 Å². The number of esters is 1. The minimum absolute atomic E-state index is 0.0161. The molecule has 7 heteroatoms. The largest absolute Gasteiger partial charge is 0.465 e. The van der Waals surface area contributed by atoms with Crippen LogP contribution in [-0.2, 0) is 4.74 Å². The number of non-ortho nitro benzene ring substituents is 1. The highest BCUT2D eigenvalue weighted by molar-refractivity contribution is 5.99. The van der Waals surface area contributed by atoms with Crippen molar-refractivity contribution >= 4 is 17.6 Å². The number of nitro groups is 1. The summed E-state index contributed by atoms with van der Waals surface area (Å²) in [5, 5.41) is 13.5. The first-order valence-corrected chi connectivity index (χ1v) is 5.70. The number of hydrogen-bond acceptors (Lipinski definition) is 5. The number of rotatable bonds is 4. The molecule has 1 N–H and O–H groups in total. The Morgan fingerprint density at radius 3 is 2.47 bits per heavy atom. The van der Waals surface area contributed by atoms with E-state index < -0.39 is 16.8 Å². The van der Waals surface area contributed by atoms with Crippen LogP contribution in [0.25, 0.3) is 0 Å². The van der Waals surface area contributed by atoms with Gasteiger partial charge < -0.3 is 10.1 Å². The molecule has 100 valence electrons. The quantitative estimate of drug-likeness (QED) is 0.501. The van der Waals surface area contributed by atoms with Crippen LogP contribution in [0.4, 0.5) is 5.69 Å². The molecule has 0 aliphatic heterocycles. The molecule has 0 bridgehead atoms. The van der Waals surface area contributed by atoms with E-state index >= 15 is 0 Å². The average Bonchev–Trinajstić information content (AvgIpc) is 3.21. The van der Waals surface area contributed by atoms with Gasteiger partial charge in [0, 0.05) is 23.7 Å². The van der Waals surface area contributed by atoms with Crippen molar-refractivity contribution in [1.29, 1.82) is 0 Å². The van der Waals surface area contributed by atoms with Gasteiger partial charge in [0.05, 0.1) is 17.6 Å². The van der Waals surface area contributed by atoms with E-state index in [1.807, 2.05) is 0 Å². The Balaban J connectivity index is 2.35. The summed E-state index contributed by atoms with van der Waals surface area (Å²) < 4.78 is 4.51. The van der Waals surface area contributed by atoms with Gasteiger partial charge in [-0.25, -0.2) is 4.79 Å². The molecule has 1 fully saturated rings. The lowest BCUT2D eigenvalue weighted by atomic mass is 10.1. The van der Waals surface area contributed by atoms with E-state index in [0.29, 0.717) is 0 Å². The van der Waals surface area contributed by atoms with Crippen LogP contribution in [0.5, 0.6) is 0 Å². The SMILES string of the molecule is COC(=O)c1cc(C(=O)NC2CC2)cc([N+](=O)[O-])c1. The van der Waals surface area contributed by atoms with Crippen molar-refractivity contribution < 1.29 is 19.2 Å². The third-order valence-electron chi connectivity index (χ3n) is 2.72. The first-order chi connectivity index (χ1) is 9.01. The second-order valence-electron chi connectivity index (χ2n) is 4.26. The van der Waals surface area contributed by atoms with Gasteiger partial charge in [-0.15, -0.1) is 0 Å². The van der Waals surface area contributed by atoms with Gasteiger partial charge in [0.2, 0.25) is 0 Å². The number of nitrogens with one attached hydrogen (secondary N) is 1. The van der Waals surface area contributed by atoms with Crippen LogP contribution in [-0.4, -0.2) is 30.0 Å². The molecule has 0 saturated heterocycles. The summed E-state index contributed by atoms with van der Waals surface area (Å²) in [5.41, 5.74) is -0.247. The zero-order valence-electron chi connectivity index (χ0n) is 10.2. The van der Waals surface area contributed by atoms with Crippen LogP contribution in [0.1, 0.15) is 33.6 Å². The molecular formula is C12H12N2O5. The molecule has 0 unspecified atom stereocenters. The Hall–Kier alpha value is -2.44. The van der Waals surface area contributed by atoms with E-state index in [0.717, 1.165) is 25.0 Å². The van der Waals surface area contributed by atoms with Crippen molar-refractivity contribution in [2.24, 2.45) is 0 Å². The first kappa shape index (κ1) is 13.0. The highest BCUT2D eigenvalue weighted by Gasteiger charge is 2.25. The second kappa shape index (κ2) is 5.05. The molecule has 1 aliphatic rings. The highest BCUT2D eigenvalue weighted by Crippen LogP contribution is 2.22. The summed E-state index contributed by atoms with van der Waals surface area (Å²) in [5.74, 6) is -1.14. The second-order valence-corrected chi connectivity index (χ2v) is 4.26. The minimum Gasteiger partial charge on any atom is -0.465 e. The molecule has 0 heterocycles. The number of nitrogens with zero attached hydrogens (tertiary/aromatic N) is 1. The predicted molar refractivity (Wildman–Crippen MR) is 64.9 cm³/mol. The van der Waals surface area contributed by atoms with E-state index in [2.05, 4.69) is 10.1 Å². The first-order valence-electron chi connectivity index (χ1n) is 5.70. The summed E-state index contributed by atoms with van der Waals surface area (Å²) in [4.78, 5) is 33.4. The van der Waals surface area contributed by atoms with Crippen molar-refractivity contribution in [2.45, 2.75) is 18.9 Å². The van der Waals surface area contributed by atoms with Crippen LogP contribution in [0.3, 0.4) is 0 Å². The number of nitro benzene ring substituents is 1. The predicted octanol–water partition coefficient (Wildman–Crippen LogP) is 1.27. The van der Waals surface area contributed by atoms with Crippen molar-refractivity contribution in [3.63, 3.8) is 0 Å². The lowest BCUT2D eigenvalue weighted by Crippen LogP contribution is -2.25. The van der Waals surface area contributed by atoms with Crippen LogP contribution < -0.4 is 5.32 Å². The monoisotopic (exact) mass is 264 g/mol. The van der Waals surface area contributed by atoms with Gasteiger partial charge >= 0.3 is 5.97 Å². The number of methoxy groups -OCH3 is 1. The Morgan fingerprint density at radius 1 is 1.32 bits per heavy atom. The van der Waals surface area contributed by atoms with Crippen LogP contribution in [0.2, 0.25) is 0 Å². The zero-order chi connectivity index (χ0) is 14.0. The van der Waals surface area contributed by atoms with E-state index in [4.69, 9.17) is 0 Å². The summed E-state index contributed by atoms with van der Waals surface area (Å²) in [7, 11) is 1.17. The smallest absolute Gasteiger partial charge is 0.338 e. The molecule has 1 aromatic rings. The van der Waals surface area contributed by atoms with Crippen molar-refractivity contribution in [3.8, 4) is 0 Å². The van der Waals surface area contributed by atoms with Gasteiger partial charge in [0.25, 0.3) is 11.6 Å².